The van der Waals surface area contributed by atoms with Gasteiger partial charge in [-0.1, -0.05) is 6.07 Å². The minimum atomic E-state index is -0.277. The minimum Gasteiger partial charge on any atom is -0.335 e. The molecule has 0 bridgehead atoms. The van der Waals surface area contributed by atoms with Crippen molar-refractivity contribution in [1.82, 2.24) is 29.5 Å². The highest BCUT2D eigenvalue weighted by molar-refractivity contribution is 5.96. The maximum atomic E-state index is 12.9. The topological polar surface area (TPSA) is 96.2 Å². The molecule has 1 aliphatic heterocycles. The molecule has 0 spiro atoms. The van der Waals surface area contributed by atoms with E-state index in [1.807, 2.05) is 24.3 Å². The molecule has 132 valence electrons. The van der Waals surface area contributed by atoms with Crippen molar-refractivity contribution in [2.45, 2.75) is 13.1 Å². The highest BCUT2D eigenvalue weighted by atomic mass is 16.2. The number of fused-ring (bicyclic) bond motifs is 2. The number of rotatable bonds is 3. The van der Waals surface area contributed by atoms with E-state index in [4.69, 9.17) is 0 Å². The van der Waals surface area contributed by atoms with E-state index in [0.29, 0.717) is 29.1 Å². The predicted octanol–water partition coefficient (Wildman–Crippen LogP) is 1.64. The molecular weight excluding hydrogens is 344 g/mol. The van der Waals surface area contributed by atoms with Gasteiger partial charge in [-0.05, 0) is 23.8 Å². The average molecular weight is 358 g/mol. The van der Waals surface area contributed by atoms with Gasteiger partial charge >= 0.3 is 0 Å². The van der Waals surface area contributed by atoms with E-state index in [9.17, 15) is 9.59 Å². The van der Waals surface area contributed by atoms with E-state index in [0.717, 1.165) is 11.1 Å². The van der Waals surface area contributed by atoms with E-state index < -0.39 is 0 Å². The van der Waals surface area contributed by atoms with Gasteiger partial charge in [-0.25, -0.2) is 0 Å². The summed E-state index contributed by atoms with van der Waals surface area (Å²) < 4.78 is 1.31. The molecule has 5 heterocycles. The van der Waals surface area contributed by atoms with E-state index in [1.54, 1.807) is 35.8 Å². The number of aromatic nitrogens is 5. The summed E-state index contributed by atoms with van der Waals surface area (Å²) in [6, 6.07) is 9.12. The van der Waals surface area contributed by atoms with Gasteiger partial charge in [0.15, 0.2) is 0 Å². The smallest absolute Gasteiger partial charge is 0.280 e. The summed E-state index contributed by atoms with van der Waals surface area (Å²) in [5, 5.41) is 4.40. The molecule has 1 amide bonds. The van der Waals surface area contributed by atoms with Crippen LogP contribution in [0.15, 0.2) is 59.9 Å². The first kappa shape index (κ1) is 15.4. The molecule has 0 radical (unpaired) electrons. The van der Waals surface area contributed by atoms with Gasteiger partial charge in [0.05, 0.1) is 17.8 Å². The van der Waals surface area contributed by atoms with E-state index >= 15 is 0 Å². The van der Waals surface area contributed by atoms with E-state index in [2.05, 4.69) is 20.1 Å². The first-order chi connectivity index (χ1) is 13.2. The number of aromatic amines is 1. The van der Waals surface area contributed by atoms with Crippen LogP contribution in [-0.2, 0) is 13.1 Å². The van der Waals surface area contributed by atoms with Gasteiger partial charge in [-0.2, -0.15) is 9.61 Å². The Hall–Kier alpha value is -3.81. The zero-order valence-corrected chi connectivity index (χ0v) is 14.2. The lowest BCUT2D eigenvalue weighted by molar-refractivity contribution is 0.0762. The molecule has 0 unspecified atom stereocenters. The van der Waals surface area contributed by atoms with Gasteiger partial charge in [0, 0.05) is 43.0 Å². The highest BCUT2D eigenvalue weighted by Crippen LogP contribution is 2.23. The summed E-state index contributed by atoms with van der Waals surface area (Å²) in [5.74, 6) is -0.194. The number of nitrogens with one attached hydrogen (secondary N) is 1. The zero-order valence-electron chi connectivity index (χ0n) is 14.2. The zero-order chi connectivity index (χ0) is 18.4. The summed E-state index contributed by atoms with van der Waals surface area (Å²) >= 11 is 0. The Morgan fingerprint density at radius 1 is 1.07 bits per heavy atom. The summed E-state index contributed by atoms with van der Waals surface area (Å²) in [4.78, 5) is 38.4. The molecule has 0 aliphatic carbocycles. The third-order valence-corrected chi connectivity index (χ3v) is 4.64. The molecular formula is C19H14N6O2. The molecule has 5 rings (SSSR count). The van der Waals surface area contributed by atoms with Crippen molar-refractivity contribution in [2.24, 2.45) is 0 Å². The Kier molecular flexibility index (Phi) is 3.36. The Bertz CT molecular complexity index is 1210. The fourth-order valence-corrected chi connectivity index (χ4v) is 3.32. The molecule has 4 aromatic heterocycles. The quantitative estimate of drug-likeness (QED) is 0.600. The van der Waals surface area contributed by atoms with Gasteiger partial charge in [-0.3, -0.25) is 19.6 Å². The van der Waals surface area contributed by atoms with E-state index in [-0.39, 0.29) is 18.0 Å². The van der Waals surface area contributed by atoms with Gasteiger partial charge in [0.2, 0.25) is 0 Å². The molecule has 0 saturated heterocycles. The number of H-pyrrole nitrogens is 1. The highest BCUT2D eigenvalue weighted by Gasteiger charge is 2.32. The second-order valence-electron chi connectivity index (χ2n) is 6.37. The molecule has 8 nitrogen and oxygen atoms in total. The van der Waals surface area contributed by atoms with Crippen LogP contribution in [0.3, 0.4) is 0 Å². The molecule has 0 fully saturated rings. The Labute approximate surface area is 153 Å². The molecule has 4 aromatic rings. The van der Waals surface area contributed by atoms with Crippen molar-refractivity contribution >= 4 is 11.6 Å². The number of hydrogen-bond acceptors (Lipinski definition) is 5. The predicted molar refractivity (Wildman–Crippen MR) is 96.9 cm³/mol. The standard InChI is InChI=1S/C19H14N6O2/c26-18-14-11-24(10-12-2-1-5-21-9-12)19(27)17(14)22-16-8-15(23-25(16)18)13-3-6-20-7-4-13/h1-9,22H,10-11H2. The normalized spacial score (nSPS) is 13.3. The van der Waals surface area contributed by atoms with Crippen LogP contribution in [0.2, 0.25) is 0 Å². The SMILES string of the molecule is O=C1c2[nH]c3cc(-c4ccncc4)nn3c(=O)c2CN1Cc1cccnc1. The maximum absolute atomic E-state index is 12.9. The average Bonchev–Trinajstić information content (AvgIpc) is 3.27. The first-order valence-electron chi connectivity index (χ1n) is 8.44. The van der Waals surface area contributed by atoms with Gasteiger partial charge in [0.1, 0.15) is 11.3 Å². The van der Waals surface area contributed by atoms with Crippen LogP contribution in [-0.4, -0.2) is 35.4 Å². The van der Waals surface area contributed by atoms with Crippen molar-refractivity contribution in [3.8, 4) is 11.3 Å². The Balaban J connectivity index is 1.55. The van der Waals surface area contributed by atoms with Crippen molar-refractivity contribution in [2.75, 3.05) is 0 Å². The second-order valence-corrected chi connectivity index (χ2v) is 6.37. The molecule has 1 N–H and O–H groups in total. The summed E-state index contributed by atoms with van der Waals surface area (Å²) in [7, 11) is 0. The fourth-order valence-electron chi connectivity index (χ4n) is 3.32. The lowest BCUT2D eigenvalue weighted by Crippen LogP contribution is -2.23. The molecule has 27 heavy (non-hydrogen) atoms. The number of amides is 1. The van der Waals surface area contributed by atoms with Crippen molar-refractivity contribution in [3.05, 3.63) is 82.3 Å². The molecule has 0 saturated carbocycles. The fraction of sp³-hybridized carbons (Fsp3) is 0.105. The molecule has 8 heteroatoms. The largest absolute Gasteiger partial charge is 0.335 e. The maximum Gasteiger partial charge on any atom is 0.280 e. The Morgan fingerprint density at radius 3 is 2.70 bits per heavy atom. The van der Waals surface area contributed by atoms with Gasteiger partial charge in [0.25, 0.3) is 11.5 Å². The summed E-state index contributed by atoms with van der Waals surface area (Å²) in [6.07, 6.45) is 6.73. The number of carbonyl (C=O) groups excluding carboxylic acids is 1. The van der Waals surface area contributed by atoms with Gasteiger partial charge < -0.3 is 9.88 Å². The first-order valence-corrected chi connectivity index (χ1v) is 8.44. The van der Waals surface area contributed by atoms with Crippen molar-refractivity contribution < 1.29 is 4.79 Å². The van der Waals surface area contributed by atoms with Crippen LogP contribution in [0, 0.1) is 0 Å². The number of carbonyl (C=O) groups is 1. The number of hydrogen-bond donors (Lipinski definition) is 1. The van der Waals surface area contributed by atoms with Crippen molar-refractivity contribution in [3.63, 3.8) is 0 Å². The van der Waals surface area contributed by atoms with Gasteiger partial charge in [-0.15, -0.1) is 0 Å². The van der Waals surface area contributed by atoms with Crippen molar-refractivity contribution in [1.29, 1.82) is 0 Å². The van der Waals surface area contributed by atoms with Crippen LogP contribution in [0.5, 0.6) is 0 Å². The summed E-state index contributed by atoms with van der Waals surface area (Å²) in [6.45, 7) is 0.651. The minimum absolute atomic E-state index is 0.194. The monoisotopic (exact) mass is 358 g/mol. The lowest BCUT2D eigenvalue weighted by Gasteiger charge is -2.14. The van der Waals surface area contributed by atoms with E-state index in [1.165, 1.54) is 4.52 Å². The lowest BCUT2D eigenvalue weighted by atomic mass is 10.2. The van der Waals surface area contributed by atoms with Crippen LogP contribution < -0.4 is 5.56 Å². The number of nitrogens with zero attached hydrogens (tertiary/aromatic N) is 5. The molecule has 0 atom stereocenters. The second kappa shape index (κ2) is 5.87. The Morgan fingerprint density at radius 2 is 1.93 bits per heavy atom. The van der Waals surface area contributed by atoms with Crippen LogP contribution in [0.4, 0.5) is 0 Å². The van der Waals surface area contributed by atoms with Crippen LogP contribution in [0.25, 0.3) is 16.9 Å². The third-order valence-electron chi connectivity index (χ3n) is 4.64. The molecule has 1 aliphatic rings. The third kappa shape index (κ3) is 2.50. The van der Waals surface area contributed by atoms with Crippen LogP contribution in [0.1, 0.15) is 21.6 Å². The number of pyridine rings is 2. The summed E-state index contributed by atoms with van der Waals surface area (Å²) in [5.41, 5.74) is 3.39. The molecule has 0 aromatic carbocycles. The van der Waals surface area contributed by atoms with Crippen LogP contribution >= 0.6 is 0 Å².